The van der Waals surface area contributed by atoms with E-state index in [1.165, 1.54) is 29.7 Å². The maximum Gasteiger partial charge on any atom is 0.105 e. The van der Waals surface area contributed by atoms with Gasteiger partial charge in [0.1, 0.15) is 5.76 Å². The van der Waals surface area contributed by atoms with Crippen LogP contribution < -0.4 is 10.2 Å². The molecular weight excluding hydrogens is 284 g/mol. The van der Waals surface area contributed by atoms with Gasteiger partial charge in [0.2, 0.25) is 0 Å². The zero-order chi connectivity index (χ0) is 14.8. The topological polar surface area (TPSA) is 28.4 Å². The first-order valence-corrected chi connectivity index (χ1v) is 7.77. The molecule has 1 aromatic carbocycles. The van der Waals surface area contributed by atoms with Crippen molar-refractivity contribution < 1.29 is 4.42 Å². The molecule has 21 heavy (non-hydrogen) atoms. The number of rotatable bonds is 6. The molecule has 0 saturated heterocycles. The maximum atomic E-state index is 6.18. The molecule has 0 radical (unpaired) electrons. The number of anilines is 1. The lowest BCUT2D eigenvalue weighted by molar-refractivity contribution is 0.529. The molecule has 1 aliphatic carbocycles. The Bertz CT molecular complexity index is 619. The Balaban J connectivity index is 1.77. The van der Waals surface area contributed by atoms with Gasteiger partial charge in [0, 0.05) is 42.5 Å². The van der Waals surface area contributed by atoms with E-state index in [0.29, 0.717) is 6.04 Å². The molecule has 2 aromatic rings. The van der Waals surface area contributed by atoms with E-state index in [2.05, 4.69) is 23.3 Å². The molecule has 0 amide bonds. The summed E-state index contributed by atoms with van der Waals surface area (Å²) in [5.74, 6) is 0.974. The molecule has 3 rings (SSSR count). The third kappa shape index (κ3) is 3.60. The number of furan rings is 1. The Labute approximate surface area is 130 Å². The second kappa shape index (κ2) is 6.12. The van der Waals surface area contributed by atoms with Crippen LogP contribution in [0.5, 0.6) is 0 Å². The second-order valence-corrected chi connectivity index (χ2v) is 6.22. The average molecular weight is 305 g/mol. The van der Waals surface area contributed by atoms with Crippen LogP contribution >= 0.6 is 11.6 Å². The predicted molar refractivity (Wildman–Crippen MR) is 86.9 cm³/mol. The van der Waals surface area contributed by atoms with Crippen LogP contribution in [0.15, 0.2) is 34.9 Å². The lowest BCUT2D eigenvalue weighted by atomic mass is 10.1. The highest BCUT2D eigenvalue weighted by Crippen LogP contribution is 2.27. The largest absolute Gasteiger partial charge is 0.469 e. The maximum absolute atomic E-state index is 6.18. The first kappa shape index (κ1) is 14.5. The molecule has 0 unspecified atom stereocenters. The minimum Gasteiger partial charge on any atom is -0.469 e. The third-order valence-electron chi connectivity index (χ3n) is 3.99. The molecule has 1 heterocycles. The smallest absolute Gasteiger partial charge is 0.105 e. The van der Waals surface area contributed by atoms with Gasteiger partial charge in [-0.1, -0.05) is 17.7 Å². The predicted octanol–water partition coefficient (Wildman–Crippen LogP) is 4.13. The molecule has 4 heteroatoms. The Morgan fingerprint density at radius 1 is 1.29 bits per heavy atom. The summed E-state index contributed by atoms with van der Waals surface area (Å²) in [4.78, 5) is 2.23. The molecule has 3 nitrogen and oxygen atoms in total. The molecule has 0 bridgehead atoms. The standard InChI is InChI=1S/C17H21ClN2O/c1-12-14(7-8-21-12)11-20(2)17-9-15(18)4-3-13(17)10-19-16-5-6-16/h3-4,7-9,16,19H,5-6,10-11H2,1-2H3. The molecular formula is C17H21ClN2O. The van der Waals surface area contributed by atoms with Crippen LogP contribution in [0.25, 0.3) is 0 Å². The Morgan fingerprint density at radius 2 is 2.10 bits per heavy atom. The SMILES string of the molecule is Cc1occc1CN(C)c1cc(Cl)ccc1CNC1CC1. The van der Waals surface area contributed by atoms with Crippen molar-refractivity contribution >= 4 is 17.3 Å². The molecule has 0 aliphatic heterocycles. The van der Waals surface area contributed by atoms with E-state index in [0.717, 1.165) is 23.9 Å². The molecule has 1 aliphatic rings. The van der Waals surface area contributed by atoms with E-state index in [4.69, 9.17) is 16.0 Å². The monoisotopic (exact) mass is 304 g/mol. The molecule has 0 spiro atoms. The van der Waals surface area contributed by atoms with Crippen molar-refractivity contribution in [3.8, 4) is 0 Å². The minimum absolute atomic E-state index is 0.704. The Morgan fingerprint density at radius 3 is 2.76 bits per heavy atom. The summed E-state index contributed by atoms with van der Waals surface area (Å²) < 4.78 is 5.38. The van der Waals surface area contributed by atoms with Crippen LogP contribution in [-0.2, 0) is 13.1 Å². The Hall–Kier alpha value is -1.45. The van der Waals surface area contributed by atoms with Gasteiger partial charge in [0.25, 0.3) is 0 Å². The number of nitrogens with one attached hydrogen (secondary N) is 1. The molecule has 1 saturated carbocycles. The van der Waals surface area contributed by atoms with Crippen molar-refractivity contribution in [2.75, 3.05) is 11.9 Å². The Kier molecular flexibility index (Phi) is 4.22. The number of aryl methyl sites for hydroxylation is 1. The van der Waals surface area contributed by atoms with Gasteiger partial charge in [0.05, 0.1) is 6.26 Å². The van der Waals surface area contributed by atoms with E-state index in [9.17, 15) is 0 Å². The van der Waals surface area contributed by atoms with Crippen LogP contribution in [0.3, 0.4) is 0 Å². The second-order valence-electron chi connectivity index (χ2n) is 5.79. The lowest BCUT2D eigenvalue weighted by Gasteiger charge is -2.23. The fraction of sp³-hybridized carbons (Fsp3) is 0.412. The first-order valence-electron chi connectivity index (χ1n) is 7.39. The van der Waals surface area contributed by atoms with Gasteiger partial charge in [0.15, 0.2) is 0 Å². The summed E-state index contributed by atoms with van der Waals surface area (Å²) in [5.41, 5.74) is 3.67. The van der Waals surface area contributed by atoms with Gasteiger partial charge < -0.3 is 14.6 Å². The van der Waals surface area contributed by atoms with Crippen LogP contribution in [0.2, 0.25) is 5.02 Å². The fourth-order valence-electron chi connectivity index (χ4n) is 2.50. The van der Waals surface area contributed by atoms with Crippen LogP contribution in [-0.4, -0.2) is 13.1 Å². The molecule has 1 fully saturated rings. The summed E-state index contributed by atoms with van der Waals surface area (Å²) in [7, 11) is 2.10. The van der Waals surface area contributed by atoms with Crippen molar-refractivity contribution in [3.05, 3.63) is 52.4 Å². The van der Waals surface area contributed by atoms with E-state index in [1.807, 2.05) is 25.1 Å². The summed E-state index contributed by atoms with van der Waals surface area (Å²) >= 11 is 6.18. The molecule has 1 aromatic heterocycles. The summed E-state index contributed by atoms with van der Waals surface area (Å²) in [6.07, 6.45) is 4.34. The van der Waals surface area contributed by atoms with Crippen LogP contribution in [0, 0.1) is 6.92 Å². The van der Waals surface area contributed by atoms with Gasteiger partial charge in [-0.2, -0.15) is 0 Å². The number of halogens is 1. The molecule has 112 valence electrons. The van der Waals surface area contributed by atoms with Crippen LogP contribution in [0.1, 0.15) is 29.7 Å². The van der Waals surface area contributed by atoms with Gasteiger partial charge in [-0.25, -0.2) is 0 Å². The van der Waals surface area contributed by atoms with Gasteiger partial charge in [-0.05, 0) is 43.5 Å². The number of nitrogens with zero attached hydrogens (tertiary/aromatic N) is 1. The lowest BCUT2D eigenvalue weighted by Crippen LogP contribution is -2.21. The van der Waals surface area contributed by atoms with Crippen LogP contribution in [0.4, 0.5) is 5.69 Å². The quantitative estimate of drug-likeness (QED) is 0.870. The van der Waals surface area contributed by atoms with Crippen molar-refractivity contribution in [2.24, 2.45) is 0 Å². The van der Waals surface area contributed by atoms with E-state index < -0.39 is 0 Å². The van der Waals surface area contributed by atoms with Crippen molar-refractivity contribution in [2.45, 2.75) is 38.9 Å². The van der Waals surface area contributed by atoms with E-state index in [-0.39, 0.29) is 0 Å². The third-order valence-corrected chi connectivity index (χ3v) is 4.23. The summed E-state index contributed by atoms with van der Waals surface area (Å²) in [5, 5.41) is 4.34. The van der Waals surface area contributed by atoms with Crippen molar-refractivity contribution in [1.82, 2.24) is 5.32 Å². The highest BCUT2D eigenvalue weighted by atomic mass is 35.5. The highest BCUT2D eigenvalue weighted by Gasteiger charge is 2.21. The zero-order valence-corrected chi connectivity index (χ0v) is 13.3. The van der Waals surface area contributed by atoms with E-state index in [1.54, 1.807) is 6.26 Å². The van der Waals surface area contributed by atoms with Gasteiger partial charge in [-0.15, -0.1) is 0 Å². The number of benzene rings is 1. The minimum atomic E-state index is 0.704. The van der Waals surface area contributed by atoms with Gasteiger partial charge >= 0.3 is 0 Å². The fourth-order valence-corrected chi connectivity index (χ4v) is 2.67. The molecule has 0 atom stereocenters. The summed E-state index contributed by atoms with van der Waals surface area (Å²) in [6.45, 7) is 3.71. The van der Waals surface area contributed by atoms with Gasteiger partial charge in [-0.3, -0.25) is 0 Å². The number of hydrogen-bond donors (Lipinski definition) is 1. The highest BCUT2D eigenvalue weighted by molar-refractivity contribution is 6.30. The van der Waals surface area contributed by atoms with Crippen molar-refractivity contribution in [3.63, 3.8) is 0 Å². The van der Waals surface area contributed by atoms with E-state index >= 15 is 0 Å². The zero-order valence-electron chi connectivity index (χ0n) is 12.5. The average Bonchev–Trinajstić information content (AvgIpc) is 3.21. The first-order chi connectivity index (χ1) is 10.1. The number of hydrogen-bond acceptors (Lipinski definition) is 3. The molecule has 1 N–H and O–H groups in total. The summed E-state index contributed by atoms with van der Waals surface area (Å²) in [6, 6.07) is 8.85. The normalized spacial score (nSPS) is 14.4. The van der Waals surface area contributed by atoms with Crippen molar-refractivity contribution in [1.29, 1.82) is 0 Å².